The molecule has 1 N–H and O–H groups in total. The number of nitrogens with one attached hydrogen (secondary N) is 1. The minimum absolute atomic E-state index is 0.0181. The molecule has 1 amide bonds. The molecule has 4 rings (SSSR count). The molecule has 4 aromatic heterocycles. The normalized spacial score (nSPS) is 10.8. The van der Waals surface area contributed by atoms with Crippen LogP contribution in [0.15, 0.2) is 59.9 Å². The van der Waals surface area contributed by atoms with Crippen LogP contribution < -0.4 is 10.9 Å². The zero-order chi connectivity index (χ0) is 22.0. The lowest BCUT2D eigenvalue weighted by Gasteiger charge is -2.10. The number of nitrogens with zero attached hydrogens (tertiary/aromatic N) is 6. The van der Waals surface area contributed by atoms with Crippen LogP contribution in [0.3, 0.4) is 0 Å². The topological polar surface area (TPSA) is 108 Å². The second-order valence-corrected chi connectivity index (χ2v) is 7.05. The van der Waals surface area contributed by atoms with Crippen LogP contribution in [0.2, 0.25) is 0 Å². The minimum Gasteiger partial charge on any atom is -0.317 e. The van der Waals surface area contributed by atoms with E-state index >= 15 is 0 Å². The number of hydrogen-bond acceptors (Lipinski definition) is 6. The van der Waals surface area contributed by atoms with Gasteiger partial charge in [0.1, 0.15) is 23.4 Å². The molecule has 0 fully saturated rings. The molecule has 156 valence electrons. The quantitative estimate of drug-likeness (QED) is 0.537. The molecule has 4 heterocycles. The first-order chi connectivity index (χ1) is 15.0. The highest BCUT2D eigenvalue weighted by molar-refractivity contribution is 6.04. The molecule has 0 saturated heterocycles. The Hall–Kier alpha value is -4.14. The molecule has 0 unspecified atom stereocenters. The van der Waals surface area contributed by atoms with Crippen molar-refractivity contribution in [2.75, 3.05) is 5.32 Å². The van der Waals surface area contributed by atoms with Gasteiger partial charge in [-0.15, -0.1) is 10.2 Å². The number of carbonyl (C=O) groups excluding carboxylic acids is 1. The van der Waals surface area contributed by atoms with Gasteiger partial charge >= 0.3 is 0 Å². The molecular formula is C22H21N7O2. The van der Waals surface area contributed by atoms with Crippen LogP contribution in [0.4, 0.5) is 5.82 Å². The van der Waals surface area contributed by atoms with E-state index in [9.17, 15) is 9.59 Å². The van der Waals surface area contributed by atoms with Gasteiger partial charge in [-0.1, -0.05) is 12.1 Å². The lowest BCUT2D eigenvalue weighted by atomic mass is 10.1. The molecule has 4 aromatic rings. The Morgan fingerprint density at radius 2 is 2.00 bits per heavy atom. The summed E-state index contributed by atoms with van der Waals surface area (Å²) in [4.78, 5) is 34.3. The molecule has 9 nitrogen and oxygen atoms in total. The average molecular weight is 415 g/mol. The summed E-state index contributed by atoms with van der Waals surface area (Å²) in [6.07, 6.45) is 5.02. The van der Waals surface area contributed by atoms with Crippen molar-refractivity contribution in [3.63, 3.8) is 0 Å². The number of carbonyl (C=O) groups is 1. The zero-order valence-corrected chi connectivity index (χ0v) is 17.4. The highest BCUT2D eigenvalue weighted by atomic mass is 16.2. The van der Waals surface area contributed by atoms with Crippen molar-refractivity contribution < 1.29 is 4.79 Å². The number of rotatable bonds is 5. The fraction of sp³-hybridized carbons (Fsp3) is 0.182. The first-order valence-electron chi connectivity index (χ1n) is 9.76. The molecule has 0 bridgehead atoms. The van der Waals surface area contributed by atoms with Crippen molar-refractivity contribution >= 4 is 11.7 Å². The number of amides is 1. The van der Waals surface area contributed by atoms with Gasteiger partial charge in [0.15, 0.2) is 5.82 Å². The number of aryl methyl sites for hydroxylation is 3. The van der Waals surface area contributed by atoms with Crippen molar-refractivity contribution in [2.45, 2.75) is 20.4 Å². The molecule has 0 radical (unpaired) electrons. The Kier molecular flexibility index (Phi) is 5.40. The van der Waals surface area contributed by atoms with Crippen molar-refractivity contribution in [1.29, 1.82) is 0 Å². The molecule has 0 aliphatic carbocycles. The summed E-state index contributed by atoms with van der Waals surface area (Å²) in [6, 6.07) is 10.6. The monoisotopic (exact) mass is 415 g/mol. The maximum Gasteiger partial charge on any atom is 0.263 e. The lowest BCUT2D eigenvalue weighted by Crippen LogP contribution is -2.27. The van der Waals surface area contributed by atoms with Gasteiger partial charge in [-0.3, -0.25) is 14.6 Å². The van der Waals surface area contributed by atoms with E-state index in [2.05, 4.69) is 25.5 Å². The van der Waals surface area contributed by atoms with E-state index in [4.69, 9.17) is 0 Å². The molecule has 0 aliphatic rings. The van der Waals surface area contributed by atoms with Gasteiger partial charge in [-0.05, 0) is 38.1 Å². The summed E-state index contributed by atoms with van der Waals surface area (Å²) in [5.41, 5.74) is 2.61. The van der Waals surface area contributed by atoms with Gasteiger partial charge in [0.05, 0.1) is 0 Å². The van der Waals surface area contributed by atoms with Crippen LogP contribution in [-0.4, -0.2) is 35.2 Å². The van der Waals surface area contributed by atoms with Gasteiger partial charge in [-0.2, -0.15) is 0 Å². The van der Waals surface area contributed by atoms with Gasteiger partial charge < -0.3 is 14.5 Å². The summed E-state index contributed by atoms with van der Waals surface area (Å²) in [6.45, 7) is 4.57. The fourth-order valence-corrected chi connectivity index (χ4v) is 3.17. The number of anilines is 1. The maximum absolute atomic E-state index is 12.9. The van der Waals surface area contributed by atoms with Crippen molar-refractivity contribution in [2.24, 2.45) is 7.05 Å². The Labute approximate surface area is 178 Å². The molecule has 0 spiro atoms. The largest absolute Gasteiger partial charge is 0.317 e. The summed E-state index contributed by atoms with van der Waals surface area (Å²) >= 11 is 0. The van der Waals surface area contributed by atoms with E-state index in [1.54, 1.807) is 50.0 Å². The van der Waals surface area contributed by atoms with Crippen molar-refractivity contribution in [3.05, 3.63) is 76.7 Å². The van der Waals surface area contributed by atoms with E-state index < -0.39 is 11.5 Å². The minimum atomic E-state index is -0.538. The van der Waals surface area contributed by atoms with E-state index in [0.29, 0.717) is 23.9 Å². The Balaban J connectivity index is 1.65. The van der Waals surface area contributed by atoms with Crippen LogP contribution in [0.1, 0.15) is 23.0 Å². The predicted octanol–water partition coefficient (Wildman–Crippen LogP) is 2.68. The second-order valence-electron chi connectivity index (χ2n) is 7.05. The summed E-state index contributed by atoms with van der Waals surface area (Å²) < 4.78 is 3.24. The Morgan fingerprint density at radius 3 is 2.74 bits per heavy atom. The molecule has 0 saturated carbocycles. The standard InChI is InChI=1S/C22H21N7O2/c1-4-29-13-24-27-20(29)18-6-5-7-19(25-18)26-21(30)17-10-16(12-28(3)22(17)31)15-9-8-14(2)23-11-15/h5-13H,4H2,1-3H3,(H,25,26,30). The van der Waals surface area contributed by atoms with Crippen LogP contribution >= 0.6 is 0 Å². The summed E-state index contributed by atoms with van der Waals surface area (Å²) in [5, 5.41) is 10.7. The molecule has 0 aromatic carbocycles. The molecule has 31 heavy (non-hydrogen) atoms. The summed E-state index contributed by atoms with van der Waals surface area (Å²) in [7, 11) is 1.61. The molecular weight excluding hydrogens is 394 g/mol. The molecule has 0 aliphatic heterocycles. The van der Waals surface area contributed by atoms with E-state index in [1.807, 2.05) is 30.5 Å². The third-order valence-corrected chi connectivity index (χ3v) is 4.85. The number of pyridine rings is 3. The first kappa shape index (κ1) is 20.1. The third kappa shape index (κ3) is 4.11. The summed E-state index contributed by atoms with van der Waals surface area (Å²) in [5.74, 6) is 0.380. The van der Waals surface area contributed by atoms with Gasteiger partial charge in [-0.25, -0.2) is 4.98 Å². The predicted molar refractivity (Wildman–Crippen MR) is 117 cm³/mol. The molecule has 9 heteroatoms. The number of aromatic nitrogens is 6. The van der Waals surface area contributed by atoms with Crippen molar-refractivity contribution in [1.82, 2.24) is 29.3 Å². The van der Waals surface area contributed by atoms with E-state index in [-0.39, 0.29) is 5.56 Å². The lowest BCUT2D eigenvalue weighted by molar-refractivity contribution is 0.102. The van der Waals surface area contributed by atoms with Gasteiger partial charge in [0, 0.05) is 42.8 Å². The van der Waals surface area contributed by atoms with Crippen molar-refractivity contribution in [3.8, 4) is 22.6 Å². The first-order valence-corrected chi connectivity index (χ1v) is 9.76. The molecule has 0 atom stereocenters. The SMILES string of the molecule is CCn1cnnc1-c1cccc(NC(=O)c2cc(-c3ccc(C)nc3)cn(C)c2=O)n1. The number of hydrogen-bond donors (Lipinski definition) is 1. The fourth-order valence-electron chi connectivity index (χ4n) is 3.17. The van der Waals surface area contributed by atoms with Crippen LogP contribution in [0.5, 0.6) is 0 Å². The van der Waals surface area contributed by atoms with Crippen LogP contribution in [0.25, 0.3) is 22.6 Å². The maximum atomic E-state index is 12.9. The van der Waals surface area contributed by atoms with E-state index in [0.717, 1.165) is 16.8 Å². The Bertz CT molecular complexity index is 1310. The second kappa shape index (κ2) is 8.31. The van der Waals surface area contributed by atoms with E-state index in [1.165, 1.54) is 4.57 Å². The van der Waals surface area contributed by atoms with Crippen LogP contribution in [0, 0.1) is 6.92 Å². The average Bonchev–Trinajstić information content (AvgIpc) is 3.25. The van der Waals surface area contributed by atoms with Gasteiger partial charge in [0.25, 0.3) is 11.5 Å². The highest BCUT2D eigenvalue weighted by Crippen LogP contribution is 2.20. The van der Waals surface area contributed by atoms with Crippen LogP contribution in [-0.2, 0) is 13.6 Å². The smallest absolute Gasteiger partial charge is 0.263 e. The highest BCUT2D eigenvalue weighted by Gasteiger charge is 2.16. The van der Waals surface area contributed by atoms with Gasteiger partial charge in [0.2, 0.25) is 0 Å². The third-order valence-electron chi connectivity index (χ3n) is 4.85. The Morgan fingerprint density at radius 1 is 1.16 bits per heavy atom. The zero-order valence-electron chi connectivity index (χ0n) is 17.4.